The zero-order valence-electron chi connectivity index (χ0n) is 15.0. The highest BCUT2D eigenvalue weighted by atomic mass is 35.5. The van der Waals surface area contributed by atoms with Crippen molar-refractivity contribution in [1.82, 2.24) is 10.3 Å². The molecule has 1 fully saturated rings. The fourth-order valence-electron chi connectivity index (χ4n) is 3.28. The Morgan fingerprint density at radius 3 is 2.00 bits per heavy atom. The number of nitrogens with zero attached hydrogens (tertiary/aromatic N) is 2. The summed E-state index contributed by atoms with van der Waals surface area (Å²) in [7, 11) is 0. The Morgan fingerprint density at radius 2 is 1.56 bits per heavy atom. The number of thiazole rings is 1. The lowest BCUT2D eigenvalue weighted by Crippen LogP contribution is -2.45. The number of hydrogen-bond acceptors (Lipinski definition) is 4. The highest BCUT2D eigenvalue weighted by molar-refractivity contribution is 7.15. The molecule has 1 aromatic heterocycles. The van der Waals surface area contributed by atoms with Crippen molar-refractivity contribution in [3.05, 3.63) is 11.1 Å². The first-order valence-corrected chi connectivity index (χ1v) is 9.42. The summed E-state index contributed by atoms with van der Waals surface area (Å²) in [6.45, 7) is 5.75. The number of aromatic nitrogens is 1. The number of nitrogens with one attached hydrogen (secondary N) is 1. The summed E-state index contributed by atoms with van der Waals surface area (Å²) in [5.74, 6) is -3.85. The maximum absolute atomic E-state index is 13.0. The average Bonchev–Trinajstić information content (AvgIpc) is 3.01. The highest BCUT2D eigenvalue weighted by Gasteiger charge is 2.51. The van der Waals surface area contributed by atoms with Crippen molar-refractivity contribution in [2.45, 2.75) is 58.0 Å². The van der Waals surface area contributed by atoms with Crippen molar-refractivity contribution < 1.29 is 26.3 Å². The van der Waals surface area contributed by atoms with Crippen LogP contribution < -0.4 is 10.2 Å². The molecular formula is C16H24ClF6N3S. The van der Waals surface area contributed by atoms with E-state index in [0.29, 0.717) is 0 Å². The van der Waals surface area contributed by atoms with Crippen LogP contribution in [0.5, 0.6) is 0 Å². The fourth-order valence-corrected chi connectivity index (χ4v) is 4.27. The maximum atomic E-state index is 13.0. The molecule has 27 heavy (non-hydrogen) atoms. The average molecular weight is 440 g/mol. The normalized spacial score (nSPS) is 23.8. The van der Waals surface area contributed by atoms with E-state index < -0.39 is 36.7 Å². The minimum atomic E-state index is -4.61. The SMILES string of the molecule is CCN(CC)c1ncc(CNC2CC(C(F)(F)F)CC(C(F)(F)F)C2)s1.Cl. The molecule has 0 radical (unpaired) electrons. The molecule has 2 rings (SSSR count). The van der Waals surface area contributed by atoms with E-state index in [1.54, 1.807) is 6.20 Å². The van der Waals surface area contributed by atoms with Crippen LogP contribution in [-0.4, -0.2) is 36.5 Å². The third-order valence-corrected chi connectivity index (χ3v) is 5.83. The lowest BCUT2D eigenvalue weighted by molar-refractivity contribution is -0.225. The molecule has 1 aliphatic carbocycles. The Kier molecular flexibility index (Phi) is 8.68. The smallest absolute Gasteiger partial charge is 0.349 e. The monoisotopic (exact) mass is 439 g/mol. The first-order valence-electron chi connectivity index (χ1n) is 8.61. The van der Waals surface area contributed by atoms with Gasteiger partial charge in [-0.3, -0.25) is 0 Å². The van der Waals surface area contributed by atoms with Gasteiger partial charge in [0, 0.05) is 36.8 Å². The van der Waals surface area contributed by atoms with Gasteiger partial charge in [-0.05, 0) is 33.1 Å². The predicted octanol–water partition coefficient (Wildman–Crippen LogP) is 5.41. The molecule has 1 aromatic rings. The van der Waals surface area contributed by atoms with Gasteiger partial charge in [0.05, 0.1) is 11.8 Å². The van der Waals surface area contributed by atoms with Gasteiger partial charge >= 0.3 is 12.4 Å². The standard InChI is InChI=1S/C16H23F6N3S.ClH/c1-3-25(4-2)14-24-9-13(26-14)8-23-12-6-10(15(17,18)19)5-11(7-12)16(20,21)22;/h9-12,23H,3-8H2,1-2H3;1H. The van der Waals surface area contributed by atoms with Crippen LogP contribution in [0.25, 0.3) is 0 Å². The van der Waals surface area contributed by atoms with E-state index in [-0.39, 0.29) is 31.8 Å². The topological polar surface area (TPSA) is 28.2 Å². The lowest BCUT2D eigenvalue weighted by atomic mass is 9.77. The van der Waals surface area contributed by atoms with Gasteiger partial charge in [0.25, 0.3) is 0 Å². The third-order valence-electron chi connectivity index (χ3n) is 4.77. The largest absolute Gasteiger partial charge is 0.391 e. The van der Waals surface area contributed by atoms with Gasteiger partial charge in [-0.25, -0.2) is 4.98 Å². The van der Waals surface area contributed by atoms with Crippen LogP contribution in [0.2, 0.25) is 0 Å². The van der Waals surface area contributed by atoms with Crippen LogP contribution in [0.3, 0.4) is 0 Å². The van der Waals surface area contributed by atoms with Gasteiger partial charge < -0.3 is 10.2 Å². The quantitative estimate of drug-likeness (QED) is 0.601. The molecule has 2 atom stereocenters. The molecule has 0 aliphatic heterocycles. The summed E-state index contributed by atoms with van der Waals surface area (Å²) in [5.41, 5.74) is 0. The third kappa shape index (κ3) is 6.67. The van der Waals surface area contributed by atoms with Gasteiger partial charge in [-0.2, -0.15) is 26.3 Å². The van der Waals surface area contributed by atoms with Gasteiger partial charge in [-0.1, -0.05) is 0 Å². The number of alkyl halides is 6. The molecule has 0 bridgehead atoms. The van der Waals surface area contributed by atoms with E-state index >= 15 is 0 Å². The molecule has 2 unspecified atom stereocenters. The zero-order valence-corrected chi connectivity index (χ0v) is 16.7. The molecule has 11 heteroatoms. The van der Waals surface area contributed by atoms with Crippen molar-refractivity contribution in [3.8, 4) is 0 Å². The summed E-state index contributed by atoms with van der Waals surface area (Å²) in [6.07, 6.45) is -9.11. The van der Waals surface area contributed by atoms with Crippen LogP contribution >= 0.6 is 23.7 Å². The Labute approximate surface area is 164 Å². The first-order chi connectivity index (χ1) is 12.0. The summed E-state index contributed by atoms with van der Waals surface area (Å²) in [4.78, 5) is 7.11. The zero-order chi connectivity index (χ0) is 19.5. The molecule has 3 nitrogen and oxygen atoms in total. The van der Waals surface area contributed by atoms with Crippen molar-refractivity contribution in [2.24, 2.45) is 11.8 Å². The molecule has 0 aromatic carbocycles. The Hall–Kier alpha value is -0.740. The molecule has 0 saturated heterocycles. The summed E-state index contributed by atoms with van der Waals surface area (Å²) >= 11 is 1.40. The number of anilines is 1. The molecule has 0 spiro atoms. The van der Waals surface area contributed by atoms with Crippen LogP contribution in [0.4, 0.5) is 31.5 Å². The van der Waals surface area contributed by atoms with Gasteiger partial charge in [-0.15, -0.1) is 23.7 Å². The van der Waals surface area contributed by atoms with E-state index in [1.807, 2.05) is 18.7 Å². The van der Waals surface area contributed by atoms with Gasteiger partial charge in [0.2, 0.25) is 0 Å². The minimum absolute atomic E-state index is 0. The van der Waals surface area contributed by atoms with Gasteiger partial charge in [0.1, 0.15) is 0 Å². The van der Waals surface area contributed by atoms with Gasteiger partial charge in [0.15, 0.2) is 5.13 Å². The van der Waals surface area contributed by atoms with E-state index in [4.69, 9.17) is 0 Å². The van der Waals surface area contributed by atoms with Crippen LogP contribution in [-0.2, 0) is 6.54 Å². The Morgan fingerprint density at radius 1 is 1.04 bits per heavy atom. The molecule has 1 saturated carbocycles. The van der Waals surface area contributed by atoms with E-state index in [2.05, 4.69) is 10.3 Å². The van der Waals surface area contributed by atoms with Crippen molar-refractivity contribution >= 4 is 28.9 Å². The maximum Gasteiger partial charge on any atom is 0.391 e. The molecule has 1 heterocycles. The first kappa shape index (κ1) is 24.3. The van der Waals surface area contributed by atoms with E-state index in [9.17, 15) is 26.3 Å². The van der Waals surface area contributed by atoms with Crippen molar-refractivity contribution in [1.29, 1.82) is 0 Å². The molecular weight excluding hydrogens is 416 g/mol. The molecule has 158 valence electrons. The Balaban J connectivity index is 0.00000364. The number of hydrogen-bond donors (Lipinski definition) is 1. The lowest BCUT2D eigenvalue weighted by Gasteiger charge is -2.37. The van der Waals surface area contributed by atoms with E-state index in [1.165, 1.54) is 11.3 Å². The second-order valence-electron chi connectivity index (χ2n) is 6.54. The molecule has 0 amide bonds. The highest BCUT2D eigenvalue weighted by Crippen LogP contribution is 2.45. The van der Waals surface area contributed by atoms with Crippen molar-refractivity contribution in [3.63, 3.8) is 0 Å². The molecule has 1 aliphatic rings. The van der Waals surface area contributed by atoms with Crippen LogP contribution in [0.15, 0.2) is 6.20 Å². The predicted molar refractivity (Wildman–Crippen MR) is 96.5 cm³/mol. The van der Waals surface area contributed by atoms with Crippen molar-refractivity contribution in [2.75, 3.05) is 18.0 Å². The second kappa shape index (κ2) is 9.65. The Bertz CT molecular complexity index is 551. The second-order valence-corrected chi connectivity index (χ2v) is 7.64. The van der Waals surface area contributed by atoms with Crippen LogP contribution in [0.1, 0.15) is 38.0 Å². The van der Waals surface area contributed by atoms with E-state index in [0.717, 1.165) is 23.1 Å². The summed E-state index contributed by atoms with van der Waals surface area (Å²) < 4.78 is 78.0. The summed E-state index contributed by atoms with van der Waals surface area (Å²) in [6, 6.07) is -0.819. The fraction of sp³-hybridized carbons (Fsp3) is 0.812. The number of rotatable bonds is 6. The molecule has 1 N–H and O–H groups in total. The number of halogens is 7. The minimum Gasteiger partial charge on any atom is -0.349 e. The summed E-state index contributed by atoms with van der Waals surface area (Å²) in [5, 5.41) is 3.68. The van der Waals surface area contributed by atoms with Crippen LogP contribution in [0, 0.1) is 11.8 Å².